The van der Waals surface area contributed by atoms with Crippen molar-refractivity contribution in [2.24, 2.45) is 5.73 Å². The first-order valence-electron chi connectivity index (χ1n) is 11.4. The van der Waals surface area contributed by atoms with E-state index in [1.807, 2.05) is 0 Å². The number of rotatable bonds is 20. The molecule has 3 N–H and O–H groups in total. The predicted molar refractivity (Wildman–Crippen MR) is 144 cm³/mol. The highest BCUT2D eigenvalue weighted by Crippen LogP contribution is 2.18. The molecule has 0 aliphatic carbocycles. The Bertz CT molecular complexity index is 578. The van der Waals surface area contributed by atoms with Crippen molar-refractivity contribution in [1.29, 1.82) is 0 Å². The summed E-state index contributed by atoms with van der Waals surface area (Å²) < 4.78 is 0. The van der Waals surface area contributed by atoms with E-state index in [0.29, 0.717) is 13.0 Å². The van der Waals surface area contributed by atoms with Crippen LogP contribution in [0.4, 0.5) is 0 Å². The fraction of sp³-hybridized carbons (Fsp3) is 0.500. The Balaban J connectivity index is 3.52. The molecular formula is C26H42N2OS2. The Morgan fingerprint density at radius 3 is 1.65 bits per heavy atom. The monoisotopic (exact) mass is 462 g/mol. The summed E-state index contributed by atoms with van der Waals surface area (Å²) in [7, 11) is 3.52. The number of hydrogen-bond acceptors (Lipinski definition) is 4. The maximum Gasteiger partial charge on any atom is 0.220 e. The number of nitrogens with two attached hydrogens (primary N) is 1. The lowest BCUT2D eigenvalue weighted by Crippen LogP contribution is -2.25. The third-order valence-electron chi connectivity index (χ3n) is 3.93. The zero-order valence-electron chi connectivity index (χ0n) is 19.2. The molecule has 5 heteroatoms. The molecule has 0 aromatic carbocycles. The second-order valence-electron chi connectivity index (χ2n) is 6.74. The van der Waals surface area contributed by atoms with E-state index in [-0.39, 0.29) is 5.91 Å². The number of allylic oxidation sites excluding steroid dienone is 12. The summed E-state index contributed by atoms with van der Waals surface area (Å²) in [6.45, 7) is 3.59. The van der Waals surface area contributed by atoms with Crippen molar-refractivity contribution in [1.82, 2.24) is 5.32 Å². The van der Waals surface area contributed by atoms with Gasteiger partial charge < -0.3 is 11.1 Å². The van der Waals surface area contributed by atoms with Crippen molar-refractivity contribution in [3.63, 3.8) is 0 Å². The average Bonchev–Trinajstić information content (AvgIpc) is 2.77. The fourth-order valence-corrected chi connectivity index (χ4v) is 4.10. The molecule has 0 saturated carbocycles. The SMILES string of the molecule is CCC=CCC=CCC=CCC=CCC=CCC=CCCC(=O)NCCSSCCN. The molecule has 3 nitrogen and oxygen atoms in total. The van der Waals surface area contributed by atoms with E-state index >= 15 is 0 Å². The molecular weight excluding hydrogens is 420 g/mol. The lowest BCUT2D eigenvalue weighted by molar-refractivity contribution is -0.120. The Hall–Kier alpha value is -1.43. The van der Waals surface area contributed by atoms with Gasteiger partial charge in [0.15, 0.2) is 0 Å². The molecule has 0 rings (SSSR count). The topological polar surface area (TPSA) is 55.1 Å². The molecule has 0 radical (unpaired) electrons. The highest BCUT2D eigenvalue weighted by atomic mass is 33.1. The van der Waals surface area contributed by atoms with Crippen LogP contribution in [0.25, 0.3) is 0 Å². The fourth-order valence-electron chi connectivity index (χ4n) is 2.34. The van der Waals surface area contributed by atoms with Gasteiger partial charge in [0.1, 0.15) is 0 Å². The number of nitrogens with one attached hydrogen (secondary N) is 1. The molecule has 0 unspecified atom stereocenters. The van der Waals surface area contributed by atoms with Crippen LogP contribution >= 0.6 is 21.6 Å². The van der Waals surface area contributed by atoms with E-state index in [4.69, 9.17) is 5.73 Å². The van der Waals surface area contributed by atoms with E-state index in [2.05, 4.69) is 85.2 Å². The minimum atomic E-state index is 0.129. The molecule has 0 aromatic heterocycles. The van der Waals surface area contributed by atoms with Crippen LogP contribution in [0.2, 0.25) is 0 Å². The Labute approximate surface area is 198 Å². The van der Waals surface area contributed by atoms with Crippen molar-refractivity contribution in [3.05, 3.63) is 72.9 Å². The van der Waals surface area contributed by atoms with Crippen LogP contribution in [-0.2, 0) is 4.79 Å². The molecule has 174 valence electrons. The maximum atomic E-state index is 11.7. The second-order valence-corrected chi connectivity index (χ2v) is 9.44. The van der Waals surface area contributed by atoms with Crippen molar-refractivity contribution in [3.8, 4) is 0 Å². The van der Waals surface area contributed by atoms with Gasteiger partial charge in [0.2, 0.25) is 5.91 Å². The predicted octanol–water partition coefficient (Wildman–Crippen LogP) is 6.92. The molecule has 0 aliphatic heterocycles. The van der Waals surface area contributed by atoms with Crippen LogP contribution in [0, 0.1) is 0 Å². The first kappa shape index (κ1) is 29.6. The van der Waals surface area contributed by atoms with E-state index in [0.717, 1.165) is 63.0 Å². The largest absolute Gasteiger partial charge is 0.355 e. The zero-order chi connectivity index (χ0) is 22.7. The number of hydrogen-bond donors (Lipinski definition) is 2. The van der Waals surface area contributed by atoms with Gasteiger partial charge in [0, 0.05) is 31.0 Å². The Kier molecular flexibility index (Phi) is 25.4. The second kappa shape index (κ2) is 26.6. The van der Waals surface area contributed by atoms with Gasteiger partial charge in [0.25, 0.3) is 0 Å². The van der Waals surface area contributed by atoms with Crippen molar-refractivity contribution in [2.45, 2.75) is 58.3 Å². The van der Waals surface area contributed by atoms with Gasteiger partial charge in [0.05, 0.1) is 0 Å². The van der Waals surface area contributed by atoms with Crippen LogP contribution < -0.4 is 11.1 Å². The van der Waals surface area contributed by atoms with Gasteiger partial charge in [-0.1, -0.05) is 101 Å². The minimum absolute atomic E-state index is 0.129. The summed E-state index contributed by atoms with van der Waals surface area (Å²) in [6, 6.07) is 0. The minimum Gasteiger partial charge on any atom is -0.355 e. The summed E-state index contributed by atoms with van der Waals surface area (Å²) in [5.74, 6) is 2.02. The van der Waals surface area contributed by atoms with Crippen LogP contribution in [0.15, 0.2) is 72.9 Å². The molecule has 0 aliphatic rings. The third kappa shape index (κ3) is 26.5. The zero-order valence-corrected chi connectivity index (χ0v) is 20.8. The molecule has 0 spiro atoms. The highest BCUT2D eigenvalue weighted by Gasteiger charge is 1.98. The summed E-state index contributed by atoms with van der Waals surface area (Å²) in [4.78, 5) is 11.7. The van der Waals surface area contributed by atoms with Crippen molar-refractivity contribution >= 4 is 27.5 Å². The van der Waals surface area contributed by atoms with Gasteiger partial charge in [-0.3, -0.25) is 4.79 Å². The normalized spacial score (nSPS) is 12.7. The van der Waals surface area contributed by atoms with Crippen LogP contribution in [-0.4, -0.2) is 30.5 Å². The number of amides is 1. The van der Waals surface area contributed by atoms with E-state index in [1.165, 1.54) is 0 Å². The lowest BCUT2D eigenvalue weighted by atomic mass is 10.2. The van der Waals surface area contributed by atoms with Gasteiger partial charge >= 0.3 is 0 Å². The van der Waals surface area contributed by atoms with Gasteiger partial charge in [-0.2, -0.15) is 0 Å². The Morgan fingerprint density at radius 1 is 0.710 bits per heavy atom. The van der Waals surface area contributed by atoms with E-state index in [1.54, 1.807) is 21.6 Å². The van der Waals surface area contributed by atoms with Gasteiger partial charge in [-0.25, -0.2) is 0 Å². The maximum absolute atomic E-state index is 11.7. The van der Waals surface area contributed by atoms with Crippen molar-refractivity contribution < 1.29 is 4.79 Å². The number of carbonyl (C=O) groups is 1. The molecule has 31 heavy (non-hydrogen) atoms. The summed E-state index contributed by atoms with van der Waals surface area (Å²) in [6.07, 6.45) is 33.6. The summed E-state index contributed by atoms with van der Waals surface area (Å²) in [5.41, 5.74) is 5.43. The number of carbonyl (C=O) groups excluding carboxylic acids is 1. The third-order valence-corrected chi connectivity index (χ3v) is 6.37. The Morgan fingerprint density at radius 2 is 1.16 bits per heavy atom. The average molecular weight is 463 g/mol. The first-order valence-corrected chi connectivity index (χ1v) is 13.9. The van der Waals surface area contributed by atoms with Gasteiger partial charge in [-0.15, -0.1) is 0 Å². The molecule has 0 saturated heterocycles. The molecule has 0 atom stereocenters. The van der Waals surface area contributed by atoms with Gasteiger partial charge in [-0.05, 0) is 44.9 Å². The lowest BCUT2D eigenvalue weighted by Gasteiger charge is -2.03. The molecule has 0 heterocycles. The first-order chi connectivity index (χ1) is 15.3. The molecule has 0 aromatic rings. The highest BCUT2D eigenvalue weighted by molar-refractivity contribution is 8.76. The van der Waals surface area contributed by atoms with Crippen LogP contribution in [0.3, 0.4) is 0 Å². The standard InChI is InChI=1S/C26H42N2OS2/c1-2-3-4-5-6-7-8-9-10-11-12-13-14-15-16-17-18-19-20-21-26(29)28-23-25-31-30-24-22-27/h3-4,6-7,9-10,12-13,15-16,18-19H,2,5,8,11,14,17,20-25,27H2,1H3,(H,28,29). The van der Waals surface area contributed by atoms with Crippen LogP contribution in [0.1, 0.15) is 58.3 Å². The van der Waals surface area contributed by atoms with Crippen LogP contribution in [0.5, 0.6) is 0 Å². The smallest absolute Gasteiger partial charge is 0.220 e. The van der Waals surface area contributed by atoms with E-state index < -0.39 is 0 Å². The molecule has 0 bridgehead atoms. The summed E-state index contributed by atoms with van der Waals surface area (Å²) >= 11 is 0. The van der Waals surface area contributed by atoms with Crippen molar-refractivity contribution in [2.75, 3.05) is 24.6 Å². The summed E-state index contributed by atoms with van der Waals surface area (Å²) in [5, 5.41) is 2.95. The molecule has 0 fully saturated rings. The quantitative estimate of drug-likeness (QED) is 0.117. The van der Waals surface area contributed by atoms with E-state index in [9.17, 15) is 4.79 Å². The molecule has 1 amide bonds.